The summed E-state index contributed by atoms with van der Waals surface area (Å²) >= 11 is 9.81. The number of halogens is 2. The number of pyridine rings is 1. The summed E-state index contributed by atoms with van der Waals surface area (Å²) in [6.07, 6.45) is 0. The fraction of sp³-hybridized carbons (Fsp3) is 0.0870. The van der Waals surface area contributed by atoms with E-state index in [0.29, 0.717) is 17.3 Å². The van der Waals surface area contributed by atoms with Crippen molar-refractivity contribution in [3.8, 4) is 16.9 Å². The maximum atomic E-state index is 13.4. The molecule has 0 aliphatic carbocycles. The van der Waals surface area contributed by atoms with Crippen molar-refractivity contribution in [1.82, 2.24) is 4.57 Å². The Morgan fingerprint density at radius 3 is 2.46 bits per heavy atom. The highest BCUT2D eigenvalue weighted by Gasteiger charge is 2.20. The molecular formula is C23H17BrClNO2. The standard InChI is InChI=1S/C23H17BrClNO2/c1-28-22-20(16-8-3-2-4-9-16)21-18(24)11-6-12-19(21)26(23(22)27)14-15-7-5-10-17(25)13-15/h2-13H,14H2,1H3. The fourth-order valence-electron chi connectivity index (χ4n) is 3.48. The molecule has 0 spiro atoms. The van der Waals surface area contributed by atoms with Crippen molar-refractivity contribution in [1.29, 1.82) is 0 Å². The van der Waals surface area contributed by atoms with Crippen LogP contribution in [0.25, 0.3) is 22.0 Å². The van der Waals surface area contributed by atoms with Gasteiger partial charge in [-0.2, -0.15) is 0 Å². The molecule has 0 bridgehead atoms. The number of rotatable bonds is 4. The Bertz CT molecular complexity index is 1220. The largest absolute Gasteiger partial charge is 0.491 e. The molecular weight excluding hydrogens is 438 g/mol. The van der Waals surface area contributed by atoms with Crippen LogP contribution in [-0.2, 0) is 6.54 Å². The quantitative estimate of drug-likeness (QED) is 0.371. The first-order valence-electron chi connectivity index (χ1n) is 8.79. The smallest absolute Gasteiger partial charge is 0.294 e. The van der Waals surface area contributed by atoms with E-state index in [2.05, 4.69) is 15.9 Å². The van der Waals surface area contributed by atoms with Gasteiger partial charge in [0.1, 0.15) is 0 Å². The maximum absolute atomic E-state index is 13.4. The highest BCUT2D eigenvalue weighted by molar-refractivity contribution is 9.10. The number of ether oxygens (including phenoxy) is 1. The van der Waals surface area contributed by atoms with Gasteiger partial charge in [-0.3, -0.25) is 4.79 Å². The van der Waals surface area contributed by atoms with E-state index in [1.165, 1.54) is 7.11 Å². The Labute approximate surface area is 176 Å². The summed E-state index contributed by atoms with van der Waals surface area (Å²) < 4.78 is 8.25. The molecule has 4 rings (SSSR count). The Balaban J connectivity index is 2.07. The average Bonchev–Trinajstić information content (AvgIpc) is 2.70. The molecule has 4 aromatic rings. The molecule has 1 heterocycles. The van der Waals surface area contributed by atoms with Crippen LogP contribution in [0.1, 0.15) is 5.56 Å². The molecule has 0 aliphatic rings. The van der Waals surface area contributed by atoms with Crippen molar-refractivity contribution < 1.29 is 4.74 Å². The number of nitrogens with zero attached hydrogens (tertiary/aromatic N) is 1. The molecule has 5 heteroatoms. The van der Waals surface area contributed by atoms with E-state index in [4.69, 9.17) is 16.3 Å². The summed E-state index contributed by atoms with van der Waals surface area (Å²) in [6, 6.07) is 23.2. The minimum atomic E-state index is -0.174. The van der Waals surface area contributed by atoms with E-state index < -0.39 is 0 Å². The van der Waals surface area contributed by atoms with E-state index in [1.807, 2.05) is 72.8 Å². The molecule has 3 aromatic carbocycles. The lowest BCUT2D eigenvalue weighted by Crippen LogP contribution is -2.23. The summed E-state index contributed by atoms with van der Waals surface area (Å²) in [5.74, 6) is 0.327. The first-order chi connectivity index (χ1) is 13.6. The van der Waals surface area contributed by atoms with E-state index in [1.54, 1.807) is 4.57 Å². The van der Waals surface area contributed by atoms with Crippen LogP contribution >= 0.6 is 27.5 Å². The predicted molar refractivity (Wildman–Crippen MR) is 118 cm³/mol. The van der Waals surface area contributed by atoms with Crippen molar-refractivity contribution in [3.05, 3.63) is 98.2 Å². The van der Waals surface area contributed by atoms with Crippen molar-refractivity contribution in [2.45, 2.75) is 6.54 Å². The number of hydrogen-bond donors (Lipinski definition) is 0. The normalized spacial score (nSPS) is 11.0. The van der Waals surface area contributed by atoms with Crippen LogP contribution in [0.2, 0.25) is 5.02 Å². The number of benzene rings is 3. The van der Waals surface area contributed by atoms with Crippen LogP contribution in [0.4, 0.5) is 0 Å². The zero-order chi connectivity index (χ0) is 19.7. The lowest BCUT2D eigenvalue weighted by atomic mass is 9.99. The lowest BCUT2D eigenvalue weighted by Gasteiger charge is -2.18. The zero-order valence-corrected chi connectivity index (χ0v) is 17.5. The second-order valence-corrected chi connectivity index (χ2v) is 7.72. The predicted octanol–water partition coefficient (Wildman–Crippen LogP) is 6.14. The first-order valence-corrected chi connectivity index (χ1v) is 9.96. The SMILES string of the molecule is COc1c(-c2ccccc2)c2c(Br)cccc2n(Cc2cccc(Cl)c2)c1=O. The summed E-state index contributed by atoms with van der Waals surface area (Å²) in [6.45, 7) is 0.401. The maximum Gasteiger partial charge on any atom is 0.294 e. The van der Waals surface area contributed by atoms with Gasteiger partial charge in [-0.05, 0) is 35.4 Å². The van der Waals surface area contributed by atoms with Gasteiger partial charge >= 0.3 is 0 Å². The Kier molecular flexibility index (Phi) is 5.25. The second-order valence-electron chi connectivity index (χ2n) is 6.43. The molecule has 3 nitrogen and oxygen atoms in total. The van der Waals surface area contributed by atoms with Gasteiger partial charge in [-0.25, -0.2) is 0 Å². The van der Waals surface area contributed by atoms with Gasteiger partial charge in [-0.1, -0.05) is 76.1 Å². The monoisotopic (exact) mass is 453 g/mol. The van der Waals surface area contributed by atoms with Crippen LogP contribution in [0.3, 0.4) is 0 Å². The van der Waals surface area contributed by atoms with E-state index in [-0.39, 0.29) is 5.56 Å². The fourth-order valence-corrected chi connectivity index (χ4v) is 4.25. The topological polar surface area (TPSA) is 31.2 Å². The van der Waals surface area contributed by atoms with Gasteiger partial charge in [0.15, 0.2) is 5.75 Å². The molecule has 0 saturated heterocycles. The molecule has 140 valence electrons. The minimum absolute atomic E-state index is 0.174. The zero-order valence-electron chi connectivity index (χ0n) is 15.2. The Morgan fingerprint density at radius 2 is 1.75 bits per heavy atom. The molecule has 0 N–H and O–H groups in total. The minimum Gasteiger partial charge on any atom is -0.491 e. The van der Waals surface area contributed by atoms with Crippen molar-refractivity contribution in [2.75, 3.05) is 7.11 Å². The van der Waals surface area contributed by atoms with Crippen LogP contribution in [0.15, 0.2) is 82.1 Å². The average molecular weight is 455 g/mol. The van der Waals surface area contributed by atoms with E-state index >= 15 is 0 Å². The van der Waals surface area contributed by atoms with Gasteiger partial charge in [0.2, 0.25) is 0 Å². The number of fused-ring (bicyclic) bond motifs is 1. The van der Waals surface area contributed by atoms with Crippen molar-refractivity contribution >= 4 is 38.4 Å². The number of methoxy groups -OCH3 is 1. The molecule has 0 unspecified atom stereocenters. The Morgan fingerprint density at radius 1 is 1.00 bits per heavy atom. The number of aromatic nitrogens is 1. The summed E-state index contributed by atoms with van der Waals surface area (Å²) in [4.78, 5) is 13.4. The molecule has 0 saturated carbocycles. The molecule has 28 heavy (non-hydrogen) atoms. The highest BCUT2D eigenvalue weighted by atomic mass is 79.9. The van der Waals surface area contributed by atoms with Crippen molar-refractivity contribution in [3.63, 3.8) is 0 Å². The lowest BCUT2D eigenvalue weighted by molar-refractivity contribution is 0.407. The summed E-state index contributed by atoms with van der Waals surface area (Å²) in [5, 5.41) is 1.58. The van der Waals surface area contributed by atoms with Crippen LogP contribution in [-0.4, -0.2) is 11.7 Å². The third kappa shape index (κ3) is 3.34. The molecule has 1 aromatic heterocycles. The first kappa shape index (κ1) is 18.8. The molecule has 0 radical (unpaired) electrons. The molecule has 0 atom stereocenters. The third-order valence-electron chi connectivity index (χ3n) is 4.70. The van der Waals surface area contributed by atoms with Gasteiger partial charge < -0.3 is 9.30 Å². The molecule has 0 amide bonds. The van der Waals surface area contributed by atoms with Crippen LogP contribution < -0.4 is 10.3 Å². The van der Waals surface area contributed by atoms with Gasteiger partial charge in [0.25, 0.3) is 5.56 Å². The second kappa shape index (κ2) is 7.82. The van der Waals surface area contributed by atoms with Crippen LogP contribution in [0, 0.1) is 0 Å². The van der Waals surface area contributed by atoms with E-state index in [9.17, 15) is 4.79 Å². The van der Waals surface area contributed by atoms with Crippen molar-refractivity contribution in [2.24, 2.45) is 0 Å². The molecule has 0 fully saturated rings. The van der Waals surface area contributed by atoms with Crippen LogP contribution in [0.5, 0.6) is 5.75 Å². The third-order valence-corrected chi connectivity index (χ3v) is 5.59. The number of hydrogen-bond acceptors (Lipinski definition) is 2. The Hall–Kier alpha value is -2.56. The summed E-state index contributed by atoms with van der Waals surface area (Å²) in [7, 11) is 1.54. The van der Waals surface area contributed by atoms with E-state index in [0.717, 1.165) is 32.1 Å². The highest BCUT2D eigenvalue weighted by Crippen LogP contribution is 2.38. The van der Waals surface area contributed by atoms with Gasteiger partial charge in [-0.15, -0.1) is 0 Å². The molecule has 0 aliphatic heterocycles. The summed E-state index contributed by atoms with van der Waals surface area (Å²) in [5.41, 5.74) is 3.33. The van der Waals surface area contributed by atoms with Gasteiger partial charge in [0.05, 0.1) is 19.2 Å². The van der Waals surface area contributed by atoms with Gasteiger partial charge in [0, 0.05) is 20.4 Å².